The maximum absolute atomic E-state index is 12.3. The van der Waals surface area contributed by atoms with Gasteiger partial charge in [-0.1, -0.05) is 17.3 Å². The molecule has 78 valence electrons. The summed E-state index contributed by atoms with van der Waals surface area (Å²) in [6.45, 7) is 0. The molecule has 0 aliphatic rings. The number of nitrogens with zero attached hydrogens (tertiary/aromatic N) is 2. The highest BCUT2D eigenvalue weighted by Crippen LogP contribution is 2.31. The van der Waals surface area contributed by atoms with Crippen molar-refractivity contribution in [1.29, 1.82) is 0 Å². The van der Waals surface area contributed by atoms with Crippen molar-refractivity contribution in [2.45, 2.75) is 6.18 Å². The molecule has 0 N–H and O–H groups in total. The van der Waals surface area contributed by atoms with Crippen molar-refractivity contribution in [3.63, 3.8) is 0 Å². The zero-order valence-electron chi connectivity index (χ0n) is 7.32. The Bertz CT molecular complexity index is 451. The zero-order chi connectivity index (χ0) is 10.9. The van der Waals surface area contributed by atoms with E-state index < -0.39 is 11.7 Å². The van der Waals surface area contributed by atoms with E-state index in [1.54, 1.807) is 0 Å². The van der Waals surface area contributed by atoms with Gasteiger partial charge in [-0.2, -0.15) is 18.2 Å². The SMILES string of the molecule is FC(F)(F)c1cccc(-c2ncon2)c1. The molecule has 6 heteroatoms. The van der Waals surface area contributed by atoms with Crippen molar-refractivity contribution >= 4 is 0 Å². The van der Waals surface area contributed by atoms with Crippen LogP contribution in [0.2, 0.25) is 0 Å². The zero-order valence-corrected chi connectivity index (χ0v) is 7.32. The fraction of sp³-hybridized carbons (Fsp3) is 0.111. The molecule has 0 aliphatic carbocycles. The van der Waals surface area contributed by atoms with E-state index in [2.05, 4.69) is 14.7 Å². The third-order valence-corrected chi connectivity index (χ3v) is 1.81. The van der Waals surface area contributed by atoms with Crippen LogP contribution in [0.15, 0.2) is 35.2 Å². The molecule has 0 amide bonds. The lowest BCUT2D eigenvalue weighted by atomic mass is 10.1. The Morgan fingerprint density at radius 3 is 2.60 bits per heavy atom. The first kappa shape index (κ1) is 9.70. The first-order valence-corrected chi connectivity index (χ1v) is 4.01. The van der Waals surface area contributed by atoms with Crippen molar-refractivity contribution in [2.24, 2.45) is 0 Å². The van der Waals surface area contributed by atoms with Gasteiger partial charge in [-0.05, 0) is 12.1 Å². The predicted molar refractivity (Wildman–Crippen MR) is 44.7 cm³/mol. The second kappa shape index (κ2) is 3.38. The van der Waals surface area contributed by atoms with Gasteiger partial charge in [0, 0.05) is 5.56 Å². The third-order valence-electron chi connectivity index (χ3n) is 1.81. The molecule has 1 aromatic heterocycles. The molecule has 1 heterocycles. The monoisotopic (exact) mass is 214 g/mol. The summed E-state index contributed by atoms with van der Waals surface area (Å²) in [6.07, 6.45) is -3.30. The standard InChI is InChI=1S/C9H5F3N2O/c10-9(11,12)7-3-1-2-6(4-7)8-13-5-15-14-8/h1-5H. The molecule has 3 nitrogen and oxygen atoms in total. The van der Waals surface area contributed by atoms with Gasteiger partial charge >= 0.3 is 6.18 Å². The van der Waals surface area contributed by atoms with E-state index in [0.717, 1.165) is 18.5 Å². The molecule has 0 aliphatic heterocycles. The van der Waals surface area contributed by atoms with E-state index in [9.17, 15) is 13.2 Å². The van der Waals surface area contributed by atoms with Crippen molar-refractivity contribution in [3.8, 4) is 11.4 Å². The smallest absolute Gasteiger partial charge is 0.342 e. The topological polar surface area (TPSA) is 38.9 Å². The second-order valence-corrected chi connectivity index (χ2v) is 2.83. The van der Waals surface area contributed by atoms with Crippen molar-refractivity contribution in [2.75, 3.05) is 0 Å². The summed E-state index contributed by atoms with van der Waals surface area (Å²) in [6, 6.07) is 4.75. The average molecular weight is 214 g/mol. The summed E-state index contributed by atoms with van der Waals surface area (Å²) in [5.74, 6) is 0.140. The quantitative estimate of drug-likeness (QED) is 0.732. The first-order valence-electron chi connectivity index (χ1n) is 4.01. The lowest BCUT2D eigenvalue weighted by molar-refractivity contribution is -0.137. The predicted octanol–water partition coefficient (Wildman–Crippen LogP) is 2.76. The minimum Gasteiger partial charge on any atom is -0.342 e. The highest BCUT2D eigenvalue weighted by Gasteiger charge is 2.30. The highest BCUT2D eigenvalue weighted by atomic mass is 19.4. The molecule has 15 heavy (non-hydrogen) atoms. The van der Waals surface area contributed by atoms with E-state index in [4.69, 9.17) is 0 Å². The molecule has 0 atom stereocenters. The van der Waals surface area contributed by atoms with E-state index in [-0.39, 0.29) is 11.4 Å². The van der Waals surface area contributed by atoms with E-state index in [1.807, 2.05) is 0 Å². The van der Waals surface area contributed by atoms with Gasteiger partial charge < -0.3 is 4.52 Å². The maximum Gasteiger partial charge on any atom is 0.416 e. The molecular weight excluding hydrogens is 209 g/mol. The van der Waals surface area contributed by atoms with Crippen LogP contribution in [0.4, 0.5) is 13.2 Å². The molecule has 0 saturated carbocycles. The molecule has 0 fully saturated rings. The Morgan fingerprint density at radius 2 is 2.00 bits per heavy atom. The molecule has 0 spiro atoms. The summed E-state index contributed by atoms with van der Waals surface area (Å²) in [5.41, 5.74) is -0.455. The molecule has 2 aromatic rings. The van der Waals surface area contributed by atoms with Gasteiger partial charge in [0.15, 0.2) is 0 Å². The summed E-state index contributed by atoms with van der Waals surface area (Å²) in [5, 5.41) is 3.46. The number of benzene rings is 1. The van der Waals surface area contributed by atoms with Gasteiger partial charge in [0.1, 0.15) is 0 Å². The fourth-order valence-corrected chi connectivity index (χ4v) is 1.13. The molecular formula is C9H5F3N2O. The van der Waals surface area contributed by atoms with E-state index in [0.29, 0.717) is 0 Å². The molecule has 0 unspecified atom stereocenters. The fourth-order valence-electron chi connectivity index (χ4n) is 1.13. The number of hydrogen-bond donors (Lipinski definition) is 0. The van der Waals surface area contributed by atoms with Gasteiger partial charge in [0.05, 0.1) is 5.56 Å². The lowest BCUT2D eigenvalue weighted by Crippen LogP contribution is -2.04. The van der Waals surface area contributed by atoms with Crippen LogP contribution in [-0.2, 0) is 6.18 Å². The molecule has 0 radical (unpaired) electrons. The van der Waals surface area contributed by atoms with Crippen LogP contribution in [0.3, 0.4) is 0 Å². The van der Waals surface area contributed by atoms with Crippen LogP contribution in [0.25, 0.3) is 11.4 Å². The van der Waals surface area contributed by atoms with Crippen molar-refractivity contribution < 1.29 is 17.7 Å². The first-order chi connectivity index (χ1) is 7.07. The normalized spacial score (nSPS) is 11.7. The van der Waals surface area contributed by atoms with Crippen molar-refractivity contribution in [3.05, 3.63) is 36.2 Å². The Morgan fingerprint density at radius 1 is 1.20 bits per heavy atom. The minimum absolute atomic E-state index is 0.140. The van der Waals surface area contributed by atoms with Crippen LogP contribution in [0.1, 0.15) is 5.56 Å². The Hall–Kier alpha value is -1.85. The maximum atomic E-state index is 12.3. The summed E-state index contributed by atoms with van der Waals surface area (Å²) in [7, 11) is 0. The Labute approximate surface area is 82.5 Å². The van der Waals surface area contributed by atoms with E-state index >= 15 is 0 Å². The summed E-state index contributed by atoms with van der Waals surface area (Å²) >= 11 is 0. The second-order valence-electron chi connectivity index (χ2n) is 2.83. The van der Waals surface area contributed by atoms with Crippen LogP contribution >= 0.6 is 0 Å². The van der Waals surface area contributed by atoms with Gasteiger partial charge in [-0.15, -0.1) is 0 Å². The number of rotatable bonds is 1. The van der Waals surface area contributed by atoms with Gasteiger partial charge in [0.25, 0.3) is 0 Å². The number of aromatic nitrogens is 2. The van der Waals surface area contributed by atoms with Crippen LogP contribution in [-0.4, -0.2) is 10.1 Å². The lowest BCUT2D eigenvalue weighted by Gasteiger charge is -2.06. The van der Waals surface area contributed by atoms with Gasteiger partial charge in [0.2, 0.25) is 12.2 Å². The molecule has 0 saturated heterocycles. The van der Waals surface area contributed by atoms with Crippen LogP contribution in [0.5, 0.6) is 0 Å². The van der Waals surface area contributed by atoms with Crippen molar-refractivity contribution in [1.82, 2.24) is 10.1 Å². The van der Waals surface area contributed by atoms with Gasteiger partial charge in [-0.25, -0.2) is 0 Å². The number of hydrogen-bond acceptors (Lipinski definition) is 3. The Kier molecular flexibility index (Phi) is 2.18. The average Bonchev–Trinajstić information content (AvgIpc) is 2.69. The van der Waals surface area contributed by atoms with Gasteiger partial charge in [-0.3, -0.25) is 0 Å². The number of alkyl halides is 3. The molecule has 1 aromatic carbocycles. The third kappa shape index (κ3) is 1.98. The van der Waals surface area contributed by atoms with Crippen LogP contribution < -0.4 is 0 Å². The summed E-state index contributed by atoms with van der Waals surface area (Å²) < 4.78 is 41.5. The van der Waals surface area contributed by atoms with Crippen LogP contribution in [0, 0.1) is 0 Å². The summed E-state index contributed by atoms with van der Waals surface area (Å²) in [4.78, 5) is 3.66. The largest absolute Gasteiger partial charge is 0.416 e. The minimum atomic E-state index is -4.36. The molecule has 0 bridgehead atoms. The highest BCUT2D eigenvalue weighted by molar-refractivity contribution is 5.55. The Balaban J connectivity index is 2.44. The molecule has 2 rings (SSSR count). The number of halogens is 3. The van der Waals surface area contributed by atoms with E-state index in [1.165, 1.54) is 12.1 Å².